The van der Waals surface area contributed by atoms with Crippen LogP contribution in [0.2, 0.25) is 0 Å². The number of benzene rings is 1. The number of likely N-dealkylation sites (tertiary alicyclic amines) is 1. The van der Waals surface area contributed by atoms with Gasteiger partial charge in [0.1, 0.15) is 24.2 Å². The molecule has 0 aliphatic carbocycles. The Labute approximate surface area is 149 Å². The molecule has 1 aromatic carbocycles. The fraction of sp³-hybridized carbons (Fsp3) is 0.526. The third kappa shape index (κ3) is 4.74. The van der Waals surface area contributed by atoms with E-state index in [9.17, 15) is 5.11 Å². The number of nitrogens with zero attached hydrogens (tertiary/aromatic N) is 3. The minimum atomic E-state index is -0.524. The molecule has 1 N–H and O–H groups in total. The van der Waals surface area contributed by atoms with Crippen molar-refractivity contribution in [2.75, 3.05) is 26.3 Å². The molecule has 1 aliphatic rings. The number of aryl methyl sites for hydroxylation is 1. The summed E-state index contributed by atoms with van der Waals surface area (Å²) in [5.74, 6) is 1.57. The highest BCUT2D eigenvalue weighted by Crippen LogP contribution is 2.31. The number of aliphatic hydroxyl groups excluding tert-OH is 1. The Morgan fingerprint density at radius 2 is 1.96 bits per heavy atom. The highest BCUT2D eigenvalue weighted by molar-refractivity contribution is 5.31. The summed E-state index contributed by atoms with van der Waals surface area (Å²) in [5, 5.41) is 14.6. The molecule has 1 aromatic heterocycles. The Bertz CT molecular complexity index is 656. The number of hydrogen-bond donors (Lipinski definition) is 1. The zero-order chi connectivity index (χ0) is 17.6. The first-order valence-electron chi connectivity index (χ1n) is 8.92. The third-order valence-corrected chi connectivity index (χ3v) is 4.50. The fourth-order valence-corrected chi connectivity index (χ4v) is 3.35. The van der Waals surface area contributed by atoms with E-state index in [2.05, 4.69) is 16.2 Å². The quantitative estimate of drug-likeness (QED) is 0.796. The van der Waals surface area contributed by atoms with E-state index in [1.165, 1.54) is 5.56 Å². The van der Waals surface area contributed by atoms with Crippen LogP contribution < -0.4 is 9.47 Å². The van der Waals surface area contributed by atoms with E-state index < -0.39 is 6.10 Å². The summed E-state index contributed by atoms with van der Waals surface area (Å²) in [6, 6.07) is 7.83. The zero-order valence-electron chi connectivity index (χ0n) is 15.0. The molecule has 0 unspecified atom stereocenters. The summed E-state index contributed by atoms with van der Waals surface area (Å²) in [4.78, 5) is 2.32. The molecule has 3 rings (SSSR count). The van der Waals surface area contributed by atoms with Crippen LogP contribution in [0.1, 0.15) is 31.4 Å². The molecule has 2 atom stereocenters. The standard InChI is InChI=1S/C19H27N3O3/c1-3-24-17-6-8-18(9-7-17)25-14-16(23)13-22-10-4-5-19(22)15-11-20-21(2)12-15/h6-9,11-12,16,19,23H,3-5,10,13-14H2,1-2H3/t16-,19-/m0/s1. The molecule has 6 nitrogen and oxygen atoms in total. The maximum atomic E-state index is 10.4. The van der Waals surface area contributed by atoms with Gasteiger partial charge in [0.05, 0.1) is 12.8 Å². The first-order chi connectivity index (χ1) is 12.2. The first-order valence-corrected chi connectivity index (χ1v) is 8.92. The number of β-amino-alcohol motifs (C(OH)–C–C–N with tert-alkyl or cyclic N) is 1. The van der Waals surface area contributed by atoms with Crippen molar-refractivity contribution in [3.63, 3.8) is 0 Å². The van der Waals surface area contributed by atoms with Gasteiger partial charge in [-0.25, -0.2) is 0 Å². The van der Waals surface area contributed by atoms with E-state index in [-0.39, 0.29) is 6.61 Å². The van der Waals surface area contributed by atoms with Crippen molar-refractivity contribution in [3.05, 3.63) is 42.2 Å². The smallest absolute Gasteiger partial charge is 0.119 e. The van der Waals surface area contributed by atoms with Crippen molar-refractivity contribution >= 4 is 0 Å². The van der Waals surface area contributed by atoms with Gasteiger partial charge in [0.2, 0.25) is 0 Å². The molecular formula is C19H27N3O3. The molecule has 6 heteroatoms. The number of hydrogen-bond acceptors (Lipinski definition) is 5. The lowest BCUT2D eigenvalue weighted by molar-refractivity contribution is 0.0638. The normalized spacial score (nSPS) is 19.1. The van der Waals surface area contributed by atoms with Crippen LogP contribution in [0.15, 0.2) is 36.7 Å². The molecule has 1 aliphatic heterocycles. The Hall–Kier alpha value is -2.05. The van der Waals surface area contributed by atoms with Crippen LogP contribution in [-0.2, 0) is 7.05 Å². The van der Waals surface area contributed by atoms with Gasteiger partial charge in [-0.15, -0.1) is 0 Å². The van der Waals surface area contributed by atoms with Crippen LogP contribution in [0.3, 0.4) is 0 Å². The molecule has 2 heterocycles. The highest BCUT2D eigenvalue weighted by atomic mass is 16.5. The SMILES string of the molecule is CCOc1ccc(OC[C@@H](O)CN2CCC[C@H]2c2cnn(C)c2)cc1. The summed E-state index contributed by atoms with van der Waals surface area (Å²) >= 11 is 0. The molecule has 0 amide bonds. The van der Waals surface area contributed by atoms with Gasteiger partial charge in [-0.2, -0.15) is 5.10 Å². The molecular weight excluding hydrogens is 318 g/mol. The topological polar surface area (TPSA) is 59.8 Å². The molecule has 0 spiro atoms. The lowest BCUT2D eigenvalue weighted by Gasteiger charge is -2.26. The van der Waals surface area contributed by atoms with Gasteiger partial charge in [-0.1, -0.05) is 0 Å². The van der Waals surface area contributed by atoms with E-state index >= 15 is 0 Å². The minimum absolute atomic E-state index is 0.282. The summed E-state index contributed by atoms with van der Waals surface area (Å²) in [5.41, 5.74) is 1.22. The average molecular weight is 345 g/mol. The van der Waals surface area contributed by atoms with Crippen LogP contribution in [0.25, 0.3) is 0 Å². The summed E-state index contributed by atoms with van der Waals surface area (Å²) in [6.45, 7) is 4.49. The van der Waals surface area contributed by atoms with Crippen LogP contribution in [0.5, 0.6) is 11.5 Å². The molecule has 0 radical (unpaired) electrons. The second kappa shape index (κ2) is 8.36. The summed E-state index contributed by atoms with van der Waals surface area (Å²) in [7, 11) is 1.93. The van der Waals surface area contributed by atoms with Crippen LogP contribution >= 0.6 is 0 Å². The van der Waals surface area contributed by atoms with Gasteiger partial charge >= 0.3 is 0 Å². The minimum Gasteiger partial charge on any atom is -0.494 e. The molecule has 1 saturated heterocycles. The lowest BCUT2D eigenvalue weighted by Crippen LogP contribution is -2.35. The number of rotatable bonds is 8. The van der Waals surface area contributed by atoms with Gasteiger partial charge in [0.15, 0.2) is 0 Å². The maximum absolute atomic E-state index is 10.4. The highest BCUT2D eigenvalue weighted by Gasteiger charge is 2.28. The van der Waals surface area contributed by atoms with Crippen LogP contribution in [0.4, 0.5) is 0 Å². The van der Waals surface area contributed by atoms with Crippen molar-refractivity contribution in [1.29, 1.82) is 0 Å². The largest absolute Gasteiger partial charge is 0.494 e. The molecule has 25 heavy (non-hydrogen) atoms. The molecule has 2 aromatic rings. The number of aromatic nitrogens is 2. The van der Waals surface area contributed by atoms with Crippen molar-refractivity contribution in [3.8, 4) is 11.5 Å². The second-order valence-electron chi connectivity index (χ2n) is 6.47. The Morgan fingerprint density at radius 3 is 2.60 bits per heavy atom. The van der Waals surface area contributed by atoms with E-state index in [1.807, 2.05) is 49.1 Å². The van der Waals surface area contributed by atoms with Crippen LogP contribution in [0, 0.1) is 0 Å². The van der Waals surface area contributed by atoms with E-state index in [0.29, 0.717) is 19.2 Å². The third-order valence-electron chi connectivity index (χ3n) is 4.50. The van der Waals surface area contributed by atoms with Gasteiger partial charge in [-0.3, -0.25) is 9.58 Å². The van der Waals surface area contributed by atoms with Crippen molar-refractivity contribution < 1.29 is 14.6 Å². The van der Waals surface area contributed by atoms with Crippen molar-refractivity contribution in [2.24, 2.45) is 7.05 Å². The average Bonchev–Trinajstić information content (AvgIpc) is 3.23. The fourth-order valence-electron chi connectivity index (χ4n) is 3.35. The van der Waals surface area contributed by atoms with Crippen molar-refractivity contribution in [2.45, 2.75) is 31.9 Å². The second-order valence-corrected chi connectivity index (χ2v) is 6.47. The zero-order valence-corrected chi connectivity index (χ0v) is 15.0. The Balaban J connectivity index is 1.49. The monoisotopic (exact) mass is 345 g/mol. The van der Waals surface area contributed by atoms with Gasteiger partial charge < -0.3 is 14.6 Å². The van der Waals surface area contributed by atoms with Crippen molar-refractivity contribution in [1.82, 2.24) is 14.7 Å². The van der Waals surface area contributed by atoms with E-state index in [0.717, 1.165) is 30.9 Å². The van der Waals surface area contributed by atoms with Crippen LogP contribution in [-0.4, -0.2) is 52.2 Å². The first kappa shape index (κ1) is 17.8. The predicted octanol–water partition coefficient (Wildman–Crippen LogP) is 2.40. The number of aliphatic hydroxyl groups is 1. The van der Waals surface area contributed by atoms with E-state index in [4.69, 9.17) is 9.47 Å². The summed E-state index contributed by atoms with van der Waals surface area (Å²) in [6.07, 6.45) is 5.71. The van der Waals surface area contributed by atoms with Gasteiger partial charge in [-0.05, 0) is 50.6 Å². The molecule has 0 bridgehead atoms. The predicted molar refractivity (Wildman–Crippen MR) is 95.9 cm³/mol. The number of ether oxygens (including phenoxy) is 2. The maximum Gasteiger partial charge on any atom is 0.119 e. The molecule has 0 saturated carbocycles. The van der Waals surface area contributed by atoms with E-state index in [1.54, 1.807) is 0 Å². The van der Waals surface area contributed by atoms with Gasteiger partial charge in [0, 0.05) is 31.4 Å². The summed E-state index contributed by atoms with van der Waals surface area (Å²) < 4.78 is 13.0. The Kier molecular flexibility index (Phi) is 5.94. The Morgan fingerprint density at radius 1 is 1.24 bits per heavy atom. The molecule has 136 valence electrons. The van der Waals surface area contributed by atoms with Gasteiger partial charge in [0.25, 0.3) is 0 Å². The molecule has 1 fully saturated rings. The lowest BCUT2D eigenvalue weighted by atomic mass is 10.1.